The summed E-state index contributed by atoms with van der Waals surface area (Å²) in [4.78, 5) is 15.8. The van der Waals surface area contributed by atoms with E-state index >= 15 is 0 Å². The van der Waals surface area contributed by atoms with Crippen LogP contribution in [0.2, 0.25) is 0 Å². The molecule has 2 aromatic rings. The fourth-order valence-corrected chi connectivity index (χ4v) is 2.79. The van der Waals surface area contributed by atoms with Crippen LogP contribution in [0.1, 0.15) is 41.5 Å². The van der Waals surface area contributed by atoms with E-state index in [4.69, 9.17) is 0 Å². The van der Waals surface area contributed by atoms with Crippen molar-refractivity contribution in [3.63, 3.8) is 0 Å². The Balaban J connectivity index is 1.77. The van der Waals surface area contributed by atoms with Crippen LogP contribution in [0.3, 0.4) is 0 Å². The molecule has 4 nitrogen and oxygen atoms in total. The SMILES string of the molecule is CC(C)c1ccc(/C=C/c2nc3n(n2)C(=O)CS3)cc1. The van der Waals surface area contributed by atoms with Crippen LogP contribution in [-0.2, 0) is 0 Å². The minimum absolute atomic E-state index is 0.00145. The molecule has 0 unspecified atom stereocenters. The molecule has 1 aliphatic rings. The number of hydrogen-bond donors (Lipinski definition) is 0. The molecule has 1 aliphatic heterocycles. The molecule has 3 rings (SSSR count). The molecule has 2 heterocycles. The number of hydrogen-bond acceptors (Lipinski definition) is 4. The highest BCUT2D eigenvalue weighted by molar-refractivity contribution is 8.00. The Morgan fingerprint density at radius 1 is 1.25 bits per heavy atom. The van der Waals surface area contributed by atoms with Crippen molar-refractivity contribution >= 4 is 29.8 Å². The molecule has 0 bridgehead atoms. The van der Waals surface area contributed by atoms with E-state index in [-0.39, 0.29) is 5.91 Å². The zero-order valence-corrected chi connectivity index (χ0v) is 12.2. The number of benzene rings is 1. The van der Waals surface area contributed by atoms with E-state index < -0.39 is 0 Å². The van der Waals surface area contributed by atoms with Gasteiger partial charge in [0, 0.05) is 0 Å². The van der Waals surface area contributed by atoms with Gasteiger partial charge in [-0.25, -0.2) is 4.98 Å². The molecule has 1 aromatic heterocycles. The van der Waals surface area contributed by atoms with Crippen LogP contribution in [-0.4, -0.2) is 26.4 Å². The quantitative estimate of drug-likeness (QED) is 0.868. The first kappa shape index (κ1) is 13.1. The summed E-state index contributed by atoms with van der Waals surface area (Å²) < 4.78 is 1.38. The van der Waals surface area contributed by atoms with Gasteiger partial charge in [0.15, 0.2) is 11.0 Å². The fourth-order valence-electron chi connectivity index (χ4n) is 1.99. The summed E-state index contributed by atoms with van der Waals surface area (Å²) in [6, 6.07) is 8.42. The Hall–Kier alpha value is -1.88. The van der Waals surface area contributed by atoms with Gasteiger partial charge in [0.05, 0.1) is 5.75 Å². The van der Waals surface area contributed by atoms with Crippen molar-refractivity contribution in [2.75, 3.05) is 5.75 Å². The van der Waals surface area contributed by atoms with Gasteiger partial charge in [-0.3, -0.25) is 4.79 Å². The summed E-state index contributed by atoms with van der Waals surface area (Å²) in [6.45, 7) is 4.35. The standard InChI is InChI=1S/C15H15N3OS/c1-10(2)12-6-3-11(4-7-12)5-8-13-16-15-18(17-13)14(19)9-20-15/h3-8,10H,9H2,1-2H3/b8-5+. The molecule has 0 radical (unpaired) electrons. The first-order valence-corrected chi connectivity index (χ1v) is 7.53. The van der Waals surface area contributed by atoms with Crippen molar-refractivity contribution in [2.24, 2.45) is 0 Å². The maximum absolute atomic E-state index is 11.5. The zero-order chi connectivity index (χ0) is 14.1. The maximum atomic E-state index is 11.5. The molecule has 102 valence electrons. The molecule has 0 spiro atoms. The van der Waals surface area contributed by atoms with E-state index in [1.165, 1.54) is 22.0 Å². The number of aromatic nitrogens is 3. The third kappa shape index (κ3) is 2.54. The highest BCUT2D eigenvalue weighted by Crippen LogP contribution is 2.23. The maximum Gasteiger partial charge on any atom is 0.259 e. The number of carbonyl (C=O) groups excluding carboxylic acids is 1. The molecule has 0 amide bonds. The Bertz CT molecular complexity index is 671. The summed E-state index contributed by atoms with van der Waals surface area (Å²) in [5.41, 5.74) is 2.42. The van der Waals surface area contributed by atoms with Crippen molar-refractivity contribution in [3.8, 4) is 0 Å². The third-order valence-electron chi connectivity index (χ3n) is 3.18. The number of nitrogens with zero attached hydrogens (tertiary/aromatic N) is 3. The average Bonchev–Trinajstić information content (AvgIpc) is 2.99. The minimum atomic E-state index is -0.00145. The van der Waals surface area contributed by atoms with E-state index in [2.05, 4.69) is 48.2 Å². The van der Waals surface area contributed by atoms with Gasteiger partial charge in [-0.05, 0) is 23.1 Å². The predicted octanol–water partition coefficient (Wildman–Crippen LogP) is 3.32. The van der Waals surface area contributed by atoms with Crippen molar-refractivity contribution in [2.45, 2.75) is 24.9 Å². The molecule has 0 N–H and O–H groups in total. The van der Waals surface area contributed by atoms with Gasteiger partial charge in [0.1, 0.15) is 0 Å². The highest BCUT2D eigenvalue weighted by atomic mass is 32.2. The lowest BCUT2D eigenvalue weighted by atomic mass is 10.0. The molecular weight excluding hydrogens is 270 g/mol. The Kier molecular flexibility index (Phi) is 3.44. The van der Waals surface area contributed by atoms with Gasteiger partial charge in [-0.15, -0.1) is 5.10 Å². The molecule has 0 saturated heterocycles. The predicted molar refractivity (Wildman–Crippen MR) is 80.8 cm³/mol. The third-order valence-corrected chi connectivity index (χ3v) is 4.10. The van der Waals surface area contributed by atoms with E-state index in [0.717, 1.165) is 5.56 Å². The lowest BCUT2D eigenvalue weighted by Gasteiger charge is -2.04. The van der Waals surface area contributed by atoms with Gasteiger partial charge in [0.2, 0.25) is 0 Å². The van der Waals surface area contributed by atoms with Crippen LogP contribution in [0.25, 0.3) is 12.2 Å². The van der Waals surface area contributed by atoms with Crippen LogP contribution in [0.5, 0.6) is 0 Å². The smallest absolute Gasteiger partial charge is 0.259 e. The average molecular weight is 285 g/mol. The molecule has 20 heavy (non-hydrogen) atoms. The molecule has 1 aromatic carbocycles. The Morgan fingerprint density at radius 3 is 2.65 bits per heavy atom. The summed E-state index contributed by atoms with van der Waals surface area (Å²) in [5, 5.41) is 4.87. The molecule has 0 aliphatic carbocycles. The Labute approximate surface area is 121 Å². The topological polar surface area (TPSA) is 47.8 Å². The van der Waals surface area contributed by atoms with Crippen molar-refractivity contribution < 1.29 is 4.79 Å². The second-order valence-electron chi connectivity index (χ2n) is 5.00. The number of rotatable bonds is 3. The molecule has 0 fully saturated rings. The lowest BCUT2D eigenvalue weighted by molar-refractivity contribution is 0.0923. The summed E-state index contributed by atoms with van der Waals surface area (Å²) in [5.74, 6) is 1.55. The van der Waals surface area contributed by atoms with Crippen molar-refractivity contribution in [1.29, 1.82) is 0 Å². The van der Waals surface area contributed by atoms with Gasteiger partial charge >= 0.3 is 0 Å². The molecule has 0 atom stereocenters. The number of fused-ring (bicyclic) bond motifs is 1. The first-order valence-electron chi connectivity index (χ1n) is 6.54. The molecule has 5 heteroatoms. The normalized spacial score (nSPS) is 14.4. The van der Waals surface area contributed by atoms with Crippen LogP contribution in [0.15, 0.2) is 29.4 Å². The van der Waals surface area contributed by atoms with E-state index in [9.17, 15) is 4.79 Å². The second kappa shape index (κ2) is 5.25. The number of carbonyl (C=O) groups is 1. The van der Waals surface area contributed by atoms with Crippen LogP contribution >= 0.6 is 11.8 Å². The number of thioether (sulfide) groups is 1. The van der Waals surface area contributed by atoms with Gasteiger partial charge in [-0.1, -0.05) is 56.0 Å². The molecular formula is C15H15N3OS. The highest BCUT2D eigenvalue weighted by Gasteiger charge is 2.22. The monoisotopic (exact) mass is 285 g/mol. The molecule has 0 saturated carbocycles. The summed E-state index contributed by atoms with van der Waals surface area (Å²) >= 11 is 1.43. The minimum Gasteiger partial charge on any atom is -0.271 e. The van der Waals surface area contributed by atoms with Crippen molar-refractivity contribution in [1.82, 2.24) is 14.8 Å². The zero-order valence-electron chi connectivity index (χ0n) is 11.4. The summed E-state index contributed by atoms with van der Waals surface area (Å²) in [7, 11) is 0. The largest absolute Gasteiger partial charge is 0.271 e. The van der Waals surface area contributed by atoms with Crippen LogP contribution in [0.4, 0.5) is 0 Å². The Morgan fingerprint density at radius 2 is 2.00 bits per heavy atom. The van der Waals surface area contributed by atoms with Gasteiger partial charge in [0.25, 0.3) is 5.91 Å². The van der Waals surface area contributed by atoms with Crippen LogP contribution in [0, 0.1) is 0 Å². The van der Waals surface area contributed by atoms with E-state index in [0.29, 0.717) is 22.7 Å². The van der Waals surface area contributed by atoms with E-state index in [1.807, 2.05) is 12.2 Å². The lowest BCUT2D eigenvalue weighted by Crippen LogP contribution is -2.08. The second-order valence-corrected chi connectivity index (χ2v) is 5.94. The first-order chi connectivity index (χ1) is 9.63. The van der Waals surface area contributed by atoms with Gasteiger partial charge in [-0.2, -0.15) is 4.68 Å². The van der Waals surface area contributed by atoms with Gasteiger partial charge < -0.3 is 0 Å². The fraction of sp³-hybridized carbons (Fsp3) is 0.267. The van der Waals surface area contributed by atoms with Crippen molar-refractivity contribution in [3.05, 3.63) is 41.2 Å². The van der Waals surface area contributed by atoms with E-state index in [1.54, 1.807) is 0 Å². The summed E-state index contributed by atoms with van der Waals surface area (Å²) in [6.07, 6.45) is 3.80. The van der Waals surface area contributed by atoms with Crippen LogP contribution < -0.4 is 0 Å².